The lowest BCUT2D eigenvalue weighted by atomic mass is 10.2. The van der Waals surface area contributed by atoms with Crippen molar-refractivity contribution in [2.24, 2.45) is 0 Å². The van der Waals surface area contributed by atoms with Gasteiger partial charge in [-0.1, -0.05) is 32.0 Å². The molecule has 0 aliphatic carbocycles. The van der Waals surface area contributed by atoms with Crippen LogP contribution in [0.3, 0.4) is 0 Å². The second-order valence-corrected chi connectivity index (χ2v) is 8.00. The topological polar surface area (TPSA) is 122 Å². The molecule has 0 saturated heterocycles. The number of sulfonamides is 1. The van der Waals surface area contributed by atoms with E-state index in [-0.39, 0.29) is 10.5 Å². The molecule has 0 radical (unpaired) electrons. The van der Waals surface area contributed by atoms with E-state index in [4.69, 9.17) is 4.74 Å². The summed E-state index contributed by atoms with van der Waals surface area (Å²) in [6, 6.07) is 13.5. The molecule has 0 heterocycles. The monoisotopic (exact) mass is 433 g/mol. The molecule has 0 aliphatic rings. The van der Waals surface area contributed by atoms with Crippen molar-refractivity contribution in [1.29, 1.82) is 0 Å². The lowest BCUT2D eigenvalue weighted by molar-refractivity contribution is -0.125. The Hall–Kier alpha value is -3.24. The zero-order valence-corrected chi connectivity index (χ0v) is 17.4. The minimum atomic E-state index is -3.63. The van der Waals surface area contributed by atoms with E-state index >= 15 is 0 Å². The van der Waals surface area contributed by atoms with Gasteiger partial charge in [0.15, 0.2) is 6.61 Å². The summed E-state index contributed by atoms with van der Waals surface area (Å²) in [6.45, 7) is 3.52. The number of hydrogen-bond donors (Lipinski definition) is 2. The Kier molecular flexibility index (Phi) is 8.07. The van der Waals surface area contributed by atoms with Crippen LogP contribution in [-0.2, 0) is 19.6 Å². The Morgan fingerprint density at radius 1 is 0.867 bits per heavy atom. The third kappa shape index (κ3) is 5.88. The third-order valence-electron chi connectivity index (χ3n) is 4.12. The maximum atomic E-state index is 12.4. The molecule has 0 aromatic heterocycles. The number of benzene rings is 2. The second-order valence-electron chi connectivity index (χ2n) is 6.06. The number of carbonyl (C=O) groups excluding carboxylic acids is 3. The molecular formula is C20H23N3O6S. The number of ether oxygens (including phenoxy) is 1. The fourth-order valence-corrected chi connectivity index (χ4v) is 3.97. The Morgan fingerprint density at radius 3 is 2.03 bits per heavy atom. The minimum Gasteiger partial charge on any atom is -0.452 e. The number of nitrogens with one attached hydrogen (secondary N) is 2. The summed E-state index contributed by atoms with van der Waals surface area (Å²) in [5, 5.41) is 0. The summed E-state index contributed by atoms with van der Waals surface area (Å²) in [5.41, 5.74) is 4.80. The first-order chi connectivity index (χ1) is 14.3. The molecule has 2 aromatic carbocycles. The van der Waals surface area contributed by atoms with Crippen LogP contribution in [0.15, 0.2) is 59.5 Å². The molecule has 0 spiro atoms. The molecule has 0 fully saturated rings. The molecule has 2 aromatic rings. The molecule has 9 nitrogen and oxygen atoms in total. The van der Waals surface area contributed by atoms with Crippen LogP contribution in [0.2, 0.25) is 0 Å². The first kappa shape index (κ1) is 23.0. The van der Waals surface area contributed by atoms with Crippen LogP contribution < -0.4 is 10.9 Å². The van der Waals surface area contributed by atoms with E-state index in [9.17, 15) is 22.8 Å². The first-order valence-electron chi connectivity index (χ1n) is 9.21. The molecule has 0 saturated carbocycles. The van der Waals surface area contributed by atoms with Crippen LogP contribution in [0.25, 0.3) is 0 Å². The fourth-order valence-electron chi connectivity index (χ4n) is 2.51. The summed E-state index contributed by atoms with van der Waals surface area (Å²) in [7, 11) is -3.63. The highest BCUT2D eigenvalue weighted by Gasteiger charge is 2.22. The van der Waals surface area contributed by atoms with Gasteiger partial charge in [-0.2, -0.15) is 4.31 Å². The number of amides is 2. The molecule has 0 atom stereocenters. The highest BCUT2D eigenvalue weighted by atomic mass is 32.2. The van der Waals surface area contributed by atoms with Crippen LogP contribution in [0.1, 0.15) is 34.6 Å². The smallest absolute Gasteiger partial charge is 0.338 e. The summed E-state index contributed by atoms with van der Waals surface area (Å²) >= 11 is 0. The highest BCUT2D eigenvalue weighted by molar-refractivity contribution is 7.89. The SMILES string of the molecule is CCN(CC)S(=O)(=O)c1ccc(C(=O)OCC(=O)NNC(=O)c2ccccc2)cc1. The van der Waals surface area contributed by atoms with Gasteiger partial charge in [0.2, 0.25) is 10.0 Å². The molecule has 0 unspecified atom stereocenters. The number of nitrogens with zero attached hydrogens (tertiary/aromatic N) is 1. The van der Waals surface area contributed by atoms with Gasteiger partial charge in [-0.3, -0.25) is 20.4 Å². The van der Waals surface area contributed by atoms with Gasteiger partial charge >= 0.3 is 5.97 Å². The van der Waals surface area contributed by atoms with Gasteiger partial charge in [-0.05, 0) is 36.4 Å². The van der Waals surface area contributed by atoms with Crippen LogP contribution in [-0.4, -0.2) is 50.2 Å². The summed E-state index contributed by atoms with van der Waals surface area (Å²) < 4.78 is 31.1. The van der Waals surface area contributed by atoms with Crippen molar-refractivity contribution >= 4 is 27.8 Å². The fraction of sp³-hybridized carbons (Fsp3) is 0.250. The Labute approximate surface area is 175 Å². The van der Waals surface area contributed by atoms with Gasteiger partial charge < -0.3 is 4.74 Å². The second kappa shape index (κ2) is 10.5. The van der Waals surface area contributed by atoms with Crippen LogP contribution >= 0.6 is 0 Å². The first-order valence-corrected chi connectivity index (χ1v) is 10.6. The number of carbonyl (C=O) groups is 3. The van der Waals surface area contributed by atoms with Gasteiger partial charge in [-0.15, -0.1) is 0 Å². The van der Waals surface area contributed by atoms with Gasteiger partial charge in [-0.25, -0.2) is 13.2 Å². The molecule has 30 heavy (non-hydrogen) atoms. The van der Waals surface area contributed by atoms with E-state index in [0.717, 1.165) is 0 Å². The molecule has 2 rings (SSSR count). The Balaban J connectivity index is 1.87. The average molecular weight is 433 g/mol. The summed E-state index contributed by atoms with van der Waals surface area (Å²) in [6.07, 6.45) is 0. The molecule has 2 N–H and O–H groups in total. The maximum absolute atomic E-state index is 12.4. The average Bonchev–Trinajstić information content (AvgIpc) is 2.77. The number of esters is 1. The lowest BCUT2D eigenvalue weighted by Crippen LogP contribution is -2.43. The van der Waals surface area contributed by atoms with Crippen molar-refractivity contribution < 1.29 is 27.5 Å². The highest BCUT2D eigenvalue weighted by Crippen LogP contribution is 2.16. The molecular weight excluding hydrogens is 410 g/mol. The lowest BCUT2D eigenvalue weighted by Gasteiger charge is -2.18. The predicted octanol–water partition coefficient (Wildman–Crippen LogP) is 1.34. The normalized spacial score (nSPS) is 11.0. The van der Waals surface area contributed by atoms with Gasteiger partial charge in [0, 0.05) is 18.7 Å². The maximum Gasteiger partial charge on any atom is 0.338 e. The minimum absolute atomic E-state index is 0.0594. The van der Waals surface area contributed by atoms with Crippen molar-refractivity contribution in [3.8, 4) is 0 Å². The van der Waals surface area contributed by atoms with E-state index in [1.807, 2.05) is 0 Å². The number of hydrogen-bond acceptors (Lipinski definition) is 6. The van der Waals surface area contributed by atoms with Crippen LogP contribution in [0, 0.1) is 0 Å². The van der Waals surface area contributed by atoms with Crippen molar-refractivity contribution in [2.75, 3.05) is 19.7 Å². The van der Waals surface area contributed by atoms with E-state index in [2.05, 4.69) is 10.9 Å². The Bertz CT molecular complexity index is 987. The molecule has 0 bridgehead atoms. The van der Waals surface area contributed by atoms with E-state index < -0.39 is 34.4 Å². The van der Waals surface area contributed by atoms with Crippen molar-refractivity contribution in [3.63, 3.8) is 0 Å². The van der Waals surface area contributed by atoms with Crippen LogP contribution in [0.4, 0.5) is 0 Å². The van der Waals surface area contributed by atoms with Crippen molar-refractivity contribution in [3.05, 3.63) is 65.7 Å². The van der Waals surface area contributed by atoms with Crippen molar-refractivity contribution in [2.45, 2.75) is 18.7 Å². The quantitative estimate of drug-likeness (QED) is 0.479. The molecule has 10 heteroatoms. The zero-order chi connectivity index (χ0) is 22.1. The van der Waals surface area contributed by atoms with Gasteiger partial charge in [0.25, 0.3) is 11.8 Å². The van der Waals surface area contributed by atoms with E-state index in [0.29, 0.717) is 18.7 Å². The predicted molar refractivity (Wildman–Crippen MR) is 109 cm³/mol. The molecule has 160 valence electrons. The summed E-state index contributed by atoms with van der Waals surface area (Å²) in [4.78, 5) is 35.7. The standard InChI is InChI=1S/C20H23N3O6S/c1-3-23(4-2)30(27,28)17-12-10-16(11-13-17)20(26)29-14-18(24)21-22-19(25)15-8-6-5-7-9-15/h5-13H,3-4,14H2,1-2H3,(H,21,24)(H,22,25). The largest absolute Gasteiger partial charge is 0.452 e. The van der Waals surface area contributed by atoms with E-state index in [1.54, 1.807) is 44.2 Å². The number of hydrazine groups is 1. The molecule has 2 amide bonds. The van der Waals surface area contributed by atoms with Gasteiger partial charge in [0.05, 0.1) is 10.5 Å². The summed E-state index contributed by atoms with van der Waals surface area (Å²) in [5.74, 6) is -2.04. The van der Waals surface area contributed by atoms with Crippen molar-refractivity contribution in [1.82, 2.24) is 15.2 Å². The third-order valence-corrected chi connectivity index (χ3v) is 6.18. The Morgan fingerprint density at radius 2 is 1.47 bits per heavy atom. The van der Waals surface area contributed by atoms with Gasteiger partial charge in [0.1, 0.15) is 0 Å². The molecule has 0 aliphatic heterocycles. The zero-order valence-electron chi connectivity index (χ0n) is 16.6. The van der Waals surface area contributed by atoms with Crippen LogP contribution in [0.5, 0.6) is 0 Å². The van der Waals surface area contributed by atoms with E-state index in [1.165, 1.54) is 28.6 Å². The number of rotatable bonds is 8.